The van der Waals surface area contributed by atoms with Crippen molar-refractivity contribution in [2.45, 2.75) is 51.0 Å². The van der Waals surface area contributed by atoms with Gasteiger partial charge in [-0.15, -0.1) is 23.2 Å². The number of amides is 1. The number of fused-ring (bicyclic) bond motifs is 2. The van der Waals surface area contributed by atoms with Gasteiger partial charge in [-0.1, -0.05) is 13.3 Å². The molecular formula is C14H23Cl2NO. The Balaban J connectivity index is 1.85. The Bertz CT molecular complexity index is 296. The summed E-state index contributed by atoms with van der Waals surface area (Å²) >= 11 is 11.9. The largest absolute Gasteiger partial charge is 0.348 e. The van der Waals surface area contributed by atoms with E-state index in [1.807, 2.05) is 6.92 Å². The molecule has 1 amide bonds. The molecule has 1 N–H and O–H groups in total. The standard InChI is InChI=1S/C14H23Cl2NO/c1-2-14(8-15,9-16)17-13(18)7-12-6-10-3-4-11(12)5-10/h10-12H,2-9H2,1H3,(H,17,18). The summed E-state index contributed by atoms with van der Waals surface area (Å²) in [5.41, 5.74) is -0.419. The molecule has 0 saturated heterocycles. The number of carbonyl (C=O) groups is 1. The first kappa shape index (κ1) is 14.5. The first-order valence-corrected chi connectivity index (χ1v) is 8.12. The van der Waals surface area contributed by atoms with Gasteiger partial charge in [0.25, 0.3) is 0 Å². The third-order valence-electron chi connectivity index (χ3n) is 4.93. The zero-order chi connectivity index (χ0) is 13.2. The van der Waals surface area contributed by atoms with Crippen molar-refractivity contribution in [1.29, 1.82) is 0 Å². The molecule has 2 rings (SSSR count). The molecule has 3 unspecified atom stereocenters. The summed E-state index contributed by atoms with van der Waals surface area (Å²) in [7, 11) is 0. The van der Waals surface area contributed by atoms with E-state index in [4.69, 9.17) is 23.2 Å². The van der Waals surface area contributed by atoms with E-state index in [0.717, 1.165) is 18.3 Å². The lowest BCUT2D eigenvalue weighted by Gasteiger charge is -2.31. The SMILES string of the molecule is CCC(CCl)(CCl)NC(=O)CC1CC2CCC1C2. The van der Waals surface area contributed by atoms with Gasteiger partial charge in [0.2, 0.25) is 5.91 Å². The van der Waals surface area contributed by atoms with Crippen LogP contribution in [0.25, 0.3) is 0 Å². The van der Waals surface area contributed by atoms with Crippen molar-refractivity contribution in [1.82, 2.24) is 5.32 Å². The molecule has 0 aromatic rings. The lowest BCUT2D eigenvalue weighted by molar-refractivity contribution is -0.124. The maximum absolute atomic E-state index is 12.1. The van der Waals surface area contributed by atoms with Gasteiger partial charge in [-0.2, -0.15) is 0 Å². The molecule has 2 nitrogen and oxygen atoms in total. The summed E-state index contributed by atoms with van der Waals surface area (Å²) < 4.78 is 0. The topological polar surface area (TPSA) is 29.1 Å². The molecule has 2 aliphatic carbocycles. The van der Waals surface area contributed by atoms with Gasteiger partial charge < -0.3 is 5.32 Å². The zero-order valence-electron chi connectivity index (χ0n) is 11.1. The molecule has 0 heterocycles. The van der Waals surface area contributed by atoms with Gasteiger partial charge in [0.1, 0.15) is 0 Å². The lowest BCUT2D eigenvalue weighted by Crippen LogP contribution is -2.51. The fourth-order valence-corrected chi connectivity index (χ4v) is 4.39. The highest BCUT2D eigenvalue weighted by Crippen LogP contribution is 2.49. The van der Waals surface area contributed by atoms with Crippen LogP contribution < -0.4 is 5.32 Å². The van der Waals surface area contributed by atoms with Gasteiger partial charge in [0, 0.05) is 18.2 Å². The number of halogens is 2. The summed E-state index contributed by atoms with van der Waals surface area (Å²) in [6.07, 6.45) is 6.75. The first-order valence-electron chi connectivity index (χ1n) is 7.05. The van der Waals surface area contributed by atoms with Crippen LogP contribution >= 0.6 is 23.2 Å². The van der Waals surface area contributed by atoms with Crippen molar-refractivity contribution < 1.29 is 4.79 Å². The predicted molar refractivity (Wildman–Crippen MR) is 76.2 cm³/mol. The second kappa shape index (κ2) is 6.00. The molecule has 0 aliphatic heterocycles. The van der Waals surface area contributed by atoms with Crippen LogP contribution in [0.4, 0.5) is 0 Å². The van der Waals surface area contributed by atoms with Crippen LogP contribution in [-0.4, -0.2) is 23.2 Å². The molecule has 0 radical (unpaired) electrons. The smallest absolute Gasteiger partial charge is 0.220 e. The molecule has 0 aromatic heterocycles. The Morgan fingerprint density at radius 2 is 2.00 bits per heavy atom. The molecule has 2 bridgehead atoms. The molecule has 2 saturated carbocycles. The van der Waals surface area contributed by atoms with Crippen molar-refractivity contribution >= 4 is 29.1 Å². The van der Waals surface area contributed by atoms with Crippen LogP contribution in [0, 0.1) is 17.8 Å². The summed E-state index contributed by atoms with van der Waals surface area (Å²) in [5.74, 6) is 3.19. The second-order valence-electron chi connectivity index (χ2n) is 6.09. The summed E-state index contributed by atoms with van der Waals surface area (Å²) in [4.78, 5) is 12.1. The van der Waals surface area contributed by atoms with Crippen LogP contribution in [-0.2, 0) is 4.79 Å². The van der Waals surface area contributed by atoms with Crippen molar-refractivity contribution in [3.8, 4) is 0 Å². The van der Waals surface area contributed by atoms with E-state index in [-0.39, 0.29) is 5.91 Å². The number of nitrogens with one attached hydrogen (secondary N) is 1. The molecule has 18 heavy (non-hydrogen) atoms. The Hall–Kier alpha value is 0.0500. The quantitative estimate of drug-likeness (QED) is 0.745. The van der Waals surface area contributed by atoms with Gasteiger partial charge >= 0.3 is 0 Å². The minimum absolute atomic E-state index is 0.135. The van der Waals surface area contributed by atoms with Crippen LogP contribution in [0.15, 0.2) is 0 Å². The second-order valence-corrected chi connectivity index (χ2v) is 6.62. The van der Waals surface area contributed by atoms with Crippen LogP contribution in [0.1, 0.15) is 45.4 Å². The zero-order valence-corrected chi connectivity index (χ0v) is 12.6. The van der Waals surface area contributed by atoms with E-state index < -0.39 is 5.54 Å². The van der Waals surface area contributed by atoms with E-state index in [9.17, 15) is 4.79 Å². The van der Waals surface area contributed by atoms with Crippen molar-refractivity contribution in [3.05, 3.63) is 0 Å². The van der Waals surface area contributed by atoms with E-state index in [0.29, 0.717) is 24.1 Å². The number of carbonyl (C=O) groups excluding carboxylic acids is 1. The summed E-state index contributed by atoms with van der Waals surface area (Å²) in [5, 5.41) is 3.06. The first-order chi connectivity index (χ1) is 8.62. The summed E-state index contributed by atoms with van der Waals surface area (Å²) in [6, 6.07) is 0. The fraction of sp³-hybridized carbons (Fsp3) is 0.929. The maximum atomic E-state index is 12.1. The van der Waals surface area contributed by atoms with Gasteiger partial charge in [0.15, 0.2) is 0 Å². The van der Waals surface area contributed by atoms with E-state index >= 15 is 0 Å². The number of hydrogen-bond donors (Lipinski definition) is 1. The van der Waals surface area contributed by atoms with Crippen molar-refractivity contribution in [2.24, 2.45) is 17.8 Å². The highest BCUT2D eigenvalue weighted by Gasteiger charge is 2.40. The minimum atomic E-state index is -0.419. The summed E-state index contributed by atoms with van der Waals surface area (Å²) in [6.45, 7) is 2.02. The molecular weight excluding hydrogens is 269 g/mol. The van der Waals surface area contributed by atoms with E-state index in [1.54, 1.807) is 0 Å². The van der Waals surface area contributed by atoms with E-state index in [1.165, 1.54) is 25.7 Å². The predicted octanol–water partition coefficient (Wildman–Crippen LogP) is 3.56. The molecule has 0 spiro atoms. The molecule has 2 aliphatic rings. The number of alkyl halides is 2. The normalized spacial score (nSPS) is 30.7. The minimum Gasteiger partial charge on any atom is -0.348 e. The Kier molecular flexibility index (Phi) is 4.82. The van der Waals surface area contributed by atoms with Crippen LogP contribution in [0.3, 0.4) is 0 Å². The van der Waals surface area contributed by atoms with Crippen LogP contribution in [0.2, 0.25) is 0 Å². The molecule has 104 valence electrons. The Morgan fingerprint density at radius 1 is 1.28 bits per heavy atom. The third-order valence-corrected chi connectivity index (χ3v) is 5.95. The van der Waals surface area contributed by atoms with Gasteiger partial charge in [-0.3, -0.25) is 4.79 Å². The highest BCUT2D eigenvalue weighted by atomic mass is 35.5. The van der Waals surface area contributed by atoms with Gasteiger partial charge in [-0.25, -0.2) is 0 Å². The molecule has 2 fully saturated rings. The Labute approximate surface area is 120 Å². The average Bonchev–Trinajstić information content (AvgIpc) is 2.98. The van der Waals surface area contributed by atoms with Crippen molar-refractivity contribution in [3.63, 3.8) is 0 Å². The monoisotopic (exact) mass is 291 g/mol. The van der Waals surface area contributed by atoms with Crippen molar-refractivity contribution in [2.75, 3.05) is 11.8 Å². The average molecular weight is 292 g/mol. The molecule has 4 heteroatoms. The van der Waals surface area contributed by atoms with E-state index in [2.05, 4.69) is 5.32 Å². The molecule has 0 aromatic carbocycles. The molecule has 3 atom stereocenters. The lowest BCUT2D eigenvalue weighted by atomic mass is 9.86. The number of rotatable bonds is 6. The van der Waals surface area contributed by atoms with Gasteiger partial charge in [-0.05, 0) is 43.4 Å². The number of hydrogen-bond acceptors (Lipinski definition) is 1. The third kappa shape index (κ3) is 2.96. The van der Waals surface area contributed by atoms with Crippen LogP contribution in [0.5, 0.6) is 0 Å². The Morgan fingerprint density at radius 3 is 2.44 bits per heavy atom. The van der Waals surface area contributed by atoms with Gasteiger partial charge in [0.05, 0.1) is 5.54 Å². The highest BCUT2D eigenvalue weighted by molar-refractivity contribution is 6.22. The fourth-order valence-electron chi connectivity index (χ4n) is 3.59. The maximum Gasteiger partial charge on any atom is 0.220 e.